The largest absolute Gasteiger partial charge is 0.494 e. The van der Waals surface area contributed by atoms with E-state index in [0.29, 0.717) is 17.3 Å². The number of rotatable bonds is 4. The van der Waals surface area contributed by atoms with Crippen LogP contribution in [0.15, 0.2) is 34.1 Å². The predicted octanol–water partition coefficient (Wildman–Crippen LogP) is 1.51. The molecule has 26 heavy (non-hydrogen) atoms. The molecule has 2 heterocycles. The Bertz CT molecular complexity index is 1150. The number of nitrogens with zero attached hydrogens (tertiary/aromatic N) is 3. The van der Waals surface area contributed by atoms with Gasteiger partial charge in [-0.15, -0.1) is 0 Å². The second-order valence-electron chi connectivity index (χ2n) is 6.60. The monoisotopic (exact) mass is 353 g/mol. The molecular formula is C19H19N3O4. The minimum absolute atomic E-state index is 0.0547. The van der Waals surface area contributed by atoms with E-state index in [2.05, 4.69) is 9.89 Å². The molecule has 134 valence electrons. The first-order chi connectivity index (χ1) is 12.5. The molecule has 1 aliphatic heterocycles. The number of carbonyl (C=O) groups is 1. The number of benzene rings is 2. The van der Waals surface area contributed by atoms with E-state index in [1.165, 1.54) is 4.57 Å². The third-order valence-electron chi connectivity index (χ3n) is 4.99. The number of hydrogen-bond acceptors (Lipinski definition) is 5. The lowest BCUT2D eigenvalue weighted by molar-refractivity contribution is -0.137. The third-order valence-corrected chi connectivity index (χ3v) is 4.99. The Morgan fingerprint density at radius 3 is 2.73 bits per heavy atom. The number of carboxylic acids is 1. The van der Waals surface area contributed by atoms with E-state index in [4.69, 9.17) is 5.11 Å². The van der Waals surface area contributed by atoms with Gasteiger partial charge in [-0.2, -0.15) is 0 Å². The van der Waals surface area contributed by atoms with Crippen LogP contribution in [-0.2, 0) is 11.3 Å². The SMILES string of the molecule is CN1CCN=c2ccc3c(=O)n(CCCC(=O)O)c(O)c4ccc1c2c43. The molecular weight excluding hydrogens is 334 g/mol. The minimum atomic E-state index is -0.922. The molecule has 0 fully saturated rings. The van der Waals surface area contributed by atoms with Crippen LogP contribution in [0.25, 0.3) is 21.5 Å². The normalized spacial score (nSPS) is 13.8. The minimum Gasteiger partial charge on any atom is -0.494 e. The molecule has 0 spiro atoms. The number of pyridine rings is 1. The Balaban J connectivity index is 2.03. The van der Waals surface area contributed by atoms with Gasteiger partial charge in [0.2, 0.25) is 5.88 Å². The van der Waals surface area contributed by atoms with Gasteiger partial charge in [0.25, 0.3) is 5.56 Å². The lowest BCUT2D eigenvalue weighted by Gasteiger charge is -2.20. The zero-order chi connectivity index (χ0) is 18.4. The number of likely N-dealkylation sites (N-methyl/N-ethyl adjacent to an activating group) is 1. The van der Waals surface area contributed by atoms with Gasteiger partial charge in [-0.1, -0.05) is 0 Å². The molecule has 0 amide bonds. The van der Waals surface area contributed by atoms with Crippen molar-refractivity contribution in [3.05, 3.63) is 40.0 Å². The zero-order valence-corrected chi connectivity index (χ0v) is 14.4. The summed E-state index contributed by atoms with van der Waals surface area (Å²) in [6.45, 7) is 1.61. The number of aromatic nitrogens is 1. The summed E-state index contributed by atoms with van der Waals surface area (Å²) in [7, 11) is 1.99. The Kier molecular flexibility index (Phi) is 3.79. The Labute approximate surface area is 148 Å². The maximum Gasteiger partial charge on any atom is 0.303 e. The summed E-state index contributed by atoms with van der Waals surface area (Å²) in [5, 5.41) is 23.0. The molecule has 3 aromatic rings. The van der Waals surface area contributed by atoms with Crippen LogP contribution in [0.4, 0.5) is 5.69 Å². The van der Waals surface area contributed by atoms with Gasteiger partial charge in [-0.05, 0) is 30.7 Å². The molecule has 7 heteroatoms. The fourth-order valence-corrected chi connectivity index (χ4v) is 3.70. The highest BCUT2D eigenvalue weighted by molar-refractivity contribution is 6.15. The summed E-state index contributed by atoms with van der Waals surface area (Å²) in [6.07, 6.45) is 0.221. The third kappa shape index (κ3) is 2.39. The van der Waals surface area contributed by atoms with Gasteiger partial charge in [0.05, 0.1) is 11.9 Å². The quantitative estimate of drug-likeness (QED) is 0.741. The number of carboxylic acid groups (broad SMARTS) is 1. The van der Waals surface area contributed by atoms with E-state index in [9.17, 15) is 14.7 Å². The summed E-state index contributed by atoms with van der Waals surface area (Å²) in [4.78, 5) is 30.4. The first kappa shape index (κ1) is 16.4. The molecule has 2 N–H and O–H groups in total. The van der Waals surface area contributed by atoms with Crippen molar-refractivity contribution in [1.29, 1.82) is 0 Å². The van der Waals surface area contributed by atoms with E-state index >= 15 is 0 Å². The van der Waals surface area contributed by atoms with Crippen molar-refractivity contribution < 1.29 is 15.0 Å². The first-order valence-corrected chi connectivity index (χ1v) is 8.57. The predicted molar refractivity (Wildman–Crippen MR) is 99.1 cm³/mol. The van der Waals surface area contributed by atoms with Crippen molar-refractivity contribution in [2.45, 2.75) is 19.4 Å². The Morgan fingerprint density at radius 2 is 1.96 bits per heavy atom. The molecule has 0 saturated heterocycles. The van der Waals surface area contributed by atoms with Crippen LogP contribution in [0.2, 0.25) is 0 Å². The first-order valence-electron chi connectivity index (χ1n) is 8.57. The molecule has 0 aliphatic carbocycles. The average molecular weight is 353 g/mol. The fourth-order valence-electron chi connectivity index (χ4n) is 3.70. The number of aromatic hydroxyl groups is 1. The van der Waals surface area contributed by atoms with Crippen LogP contribution in [0.3, 0.4) is 0 Å². The highest BCUT2D eigenvalue weighted by Gasteiger charge is 2.20. The summed E-state index contributed by atoms with van der Waals surface area (Å²) in [5.41, 5.74) is 0.678. The highest BCUT2D eigenvalue weighted by Crippen LogP contribution is 2.35. The summed E-state index contributed by atoms with van der Waals surface area (Å²) < 4.78 is 1.26. The van der Waals surface area contributed by atoms with Crippen molar-refractivity contribution in [3.8, 4) is 5.88 Å². The lowest BCUT2D eigenvalue weighted by Crippen LogP contribution is -2.23. The zero-order valence-electron chi connectivity index (χ0n) is 14.4. The van der Waals surface area contributed by atoms with E-state index in [1.807, 2.05) is 25.2 Å². The Morgan fingerprint density at radius 1 is 1.19 bits per heavy atom. The van der Waals surface area contributed by atoms with Gasteiger partial charge in [-0.25, -0.2) is 0 Å². The molecule has 2 aromatic carbocycles. The molecule has 0 atom stereocenters. The van der Waals surface area contributed by atoms with E-state index < -0.39 is 5.97 Å². The van der Waals surface area contributed by atoms with E-state index in [-0.39, 0.29) is 30.8 Å². The smallest absolute Gasteiger partial charge is 0.303 e. The average Bonchev–Trinajstić information content (AvgIpc) is 2.77. The summed E-state index contributed by atoms with van der Waals surface area (Å²) in [6, 6.07) is 7.35. The molecule has 0 unspecified atom stereocenters. The van der Waals surface area contributed by atoms with Crippen LogP contribution >= 0.6 is 0 Å². The second kappa shape index (κ2) is 6.01. The second-order valence-corrected chi connectivity index (χ2v) is 6.60. The van der Waals surface area contributed by atoms with Gasteiger partial charge in [0.1, 0.15) is 0 Å². The number of anilines is 1. The van der Waals surface area contributed by atoms with Crippen LogP contribution in [0, 0.1) is 0 Å². The van der Waals surface area contributed by atoms with Crippen molar-refractivity contribution in [3.63, 3.8) is 0 Å². The van der Waals surface area contributed by atoms with Crippen molar-refractivity contribution in [1.82, 2.24) is 4.57 Å². The van der Waals surface area contributed by atoms with Gasteiger partial charge >= 0.3 is 5.97 Å². The van der Waals surface area contributed by atoms with Crippen LogP contribution in [0.1, 0.15) is 12.8 Å². The van der Waals surface area contributed by atoms with Gasteiger partial charge in [0, 0.05) is 53.8 Å². The van der Waals surface area contributed by atoms with Gasteiger partial charge < -0.3 is 15.1 Å². The maximum atomic E-state index is 12.9. The molecule has 1 aromatic heterocycles. The molecule has 0 bridgehead atoms. The van der Waals surface area contributed by atoms with Gasteiger partial charge in [0.15, 0.2) is 0 Å². The maximum absolute atomic E-state index is 12.9. The lowest BCUT2D eigenvalue weighted by atomic mass is 9.99. The topological polar surface area (TPSA) is 95.1 Å². The van der Waals surface area contributed by atoms with Crippen molar-refractivity contribution >= 4 is 33.2 Å². The molecule has 7 nitrogen and oxygen atoms in total. The van der Waals surface area contributed by atoms with Crippen molar-refractivity contribution in [2.75, 3.05) is 25.0 Å². The van der Waals surface area contributed by atoms with Crippen LogP contribution in [-0.4, -0.2) is 40.9 Å². The molecule has 0 radical (unpaired) electrons. The van der Waals surface area contributed by atoms with Crippen molar-refractivity contribution in [2.24, 2.45) is 4.99 Å². The van der Waals surface area contributed by atoms with Crippen LogP contribution in [0.5, 0.6) is 5.88 Å². The summed E-state index contributed by atoms with van der Waals surface area (Å²) in [5.74, 6) is -1.04. The van der Waals surface area contributed by atoms with E-state index in [0.717, 1.165) is 28.4 Å². The molecule has 0 saturated carbocycles. The molecule has 4 rings (SSSR count). The highest BCUT2D eigenvalue weighted by atomic mass is 16.4. The number of hydrogen-bond donors (Lipinski definition) is 2. The van der Waals surface area contributed by atoms with E-state index in [1.54, 1.807) is 6.07 Å². The Hall–Kier alpha value is -3.09. The standard InChI is InChI=1S/C19H19N3O4/c1-21-10-8-20-13-6-4-11-16-12(5-7-14(21)17(13)16)19(26)22(18(11)25)9-2-3-15(23)24/h4-7,26H,2-3,8-10H2,1H3,(H,23,24). The van der Waals surface area contributed by atoms with Crippen LogP contribution < -0.4 is 15.8 Å². The fraction of sp³-hybridized carbons (Fsp3) is 0.316. The van der Waals surface area contributed by atoms with Gasteiger partial charge in [-0.3, -0.25) is 19.1 Å². The molecule has 1 aliphatic rings. The summed E-state index contributed by atoms with van der Waals surface area (Å²) >= 11 is 0. The number of aliphatic carboxylic acids is 1.